The second kappa shape index (κ2) is 22.9. The van der Waals surface area contributed by atoms with Crippen LogP contribution in [-0.4, -0.2) is 0 Å². The van der Waals surface area contributed by atoms with Crippen LogP contribution in [-0.2, 0) is 0 Å². The van der Waals surface area contributed by atoms with Crippen LogP contribution in [0.15, 0.2) is 328 Å². The zero-order chi connectivity index (χ0) is 56.0. The molecule has 0 N–H and O–H groups in total. The molecule has 0 heterocycles. The third kappa shape index (κ3) is 9.98. The Morgan fingerprint density at radius 2 is 0.393 bits per heavy atom. The van der Waals surface area contributed by atoms with Crippen LogP contribution in [0.3, 0.4) is 0 Å². The molecular formula is C80H54N4. The summed E-state index contributed by atoms with van der Waals surface area (Å²) in [4.78, 5) is 9.29. The number of hydrogen-bond donors (Lipinski definition) is 0. The molecule has 84 heavy (non-hydrogen) atoms. The first-order chi connectivity index (χ1) is 41.7. The minimum atomic E-state index is 0.914. The van der Waals surface area contributed by atoms with Gasteiger partial charge in [0, 0.05) is 101 Å². The van der Waals surface area contributed by atoms with Crippen molar-refractivity contribution in [1.82, 2.24) is 0 Å². The Hall–Kier alpha value is -11.6. The Labute approximate surface area is 491 Å². The maximum atomic E-state index is 3.78. The van der Waals surface area contributed by atoms with Crippen LogP contribution in [0.25, 0.3) is 32.3 Å². The molecule has 14 aromatic rings. The number of para-hydroxylation sites is 8. The van der Waals surface area contributed by atoms with Crippen LogP contribution in [0.2, 0.25) is 0 Å². The van der Waals surface area contributed by atoms with E-state index in [1.54, 1.807) is 0 Å². The lowest BCUT2D eigenvalue weighted by molar-refractivity contribution is 1.28. The molecule has 4 heteroatoms. The number of hydrogen-bond acceptors (Lipinski definition) is 4. The molecule has 0 bridgehead atoms. The highest BCUT2D eigenvalue weighted by molar-refractivity contribution is 6.30. The lowest BCUT2D eigenvalue weighted by atomic mass is 9.87. The fourth-order valence-electron chi connectivity index (χ4n) is 11.6. The van der Waals surface area contributed by atoms with E-state index in [9.17, 15) is 0 Å². The van der Waals surface area contributed by atoms with E-state index < -0.39 is 0 Å². The van der Waals surface area contributed by atoms with Gasteiger partial charge in [-0.3, -0.25) is 0 Å². The van der Waals surface area contributed by atoms with Crippen molar-refractivity contribution < 1.29 is 0 Å². The van der Waals surface area contributed by atoms with Crippen LogP contribution in [0, 0.1) is 23.7 Å². The third-order valence-corrected chi connectivity index (χ3v) is 15.4. The fourth-order valence-corrected chi connectivity index (χ4v) is 11.6. The number of benzene rings is 14. The van der Waals surface area contributed by atoms with E-state index in [1.165, 1.54) is 0 Å². The highest BCUT2D eigenvalue weighted by atomic mass is 15.2. The van der Waals surface area contributed by atoms with E-state index in [0.717, 1.165) is 123 Å². The predicted octanol–water partition coefficient (Wildman–Crippen LogP) is 21.3. The summed E-state index contributed by atoms with van der Waals surface area (Å²) in [6.07, 6.45) is 0. The molecule has 394 valence electrons. The molecule has 14 aromatic carbocycles. The molecule has 0 atom stereocenters. The Morgan fingerprint density at radius 3 is 0.643 bits per heavy atom. The van der Waals surface area contributed by atoms with Crippen molar-refractivity contribution in [3.8, 4) is 23.7 Å². The van der Waals surface area contributed by atoms with Crippen molar-refractivity contribution in [2.45, 2.75) is 0 Å². The van der Waals surface area contributed by atoms with Gasteiger partial charge in [-0.05, 0) is 168 Å². The van der Waals surface area contributed by atoms with Crippen molar-refractivity contribution >= 4 is 101 Å². The first-order valence-corrected chi connectivity index (χ1v) is 28.3. The standard InChI is InChI=1S/C80H54N4/c1-9-25-63(26-10-1)81(64-27-11-2-12-28-64)71-49-43-59(44-50-71)41-47-61-57-77(83(67-33-17-5-18-34-67)68-35-19-6-20-36-68)75-56-54-74-62(48-42-60-45-51-72(52-46-60)82(65-29-13-3-14-30-65)66-31-15-4-16-32-66)58-78(76-55-53-73(61)79(75)80(74)76)84(69-37-21-7-22-38-69)70-39-23-8-24-40-70/h1-40,43-46,49-58H. The molecule has 0 amide bonds. The zero-order valence-corrected chi connectivity index (χ0v) is 46.0. The molecule has 4 nitrogen and oxygen atoms in total. The van der Waals surface area contributed by atoms with Crippen molar-refractivity contribution in [3.05, 3.63) is 350 Å². The summed E-state index contributed by atoms with van der Waals surface area (Å²) in [6.45, 7) is 0. The monoisotopic (exact) mass is 1070 g/mol. The minimum absolute atomic E-state index is 0.914. The van der Waals surface area contributed by atoms with Crippen molar-refractivity contribution in [2.75, 3.05) is 19.6 Å². The smallest absolute Gasteiger partial charge is 0.0553 e. The molecule has 0 fully saturated rings. The van der Waals surface area contributed by atoms with Crippen molar-refractivity contribution in [3.63, 3.8) is 0 Å². The maximum absolute atomic E-state index is 3.78. The summed E-state index contributed by atoms with van der Waals surface area (Å²) in [7, 11) is 0. The van der Waals surface area contributed by atoms with Gasteiger partial charge >= 0.3 is 0 Å². The van der Waals surface area contributed by atoms with Crippen LogP contribution in [0.5, 0.6) is 0 Å². The Bertz CT molecular complexity index is 4210. The van der Waals surface area contributed by atoms with Gasteiger partial charge in [0.05, 0.1) is 11.4 Å². The van der Waals surface area contributed by atoms with E-state index in [1.807, 2.05) is 0 Å². The van der Waals surface area contributed by atoms with Gasteiger partial charge in [0.15, 0.2) is 0 Å². The Kier molecular flexibility index (Phi) is 13.8. The largest absolute Gasteiger partial charge is 0.311 e. The van der Waals surface area contributed by atoms with Crippen LogP contribution in [0.1, 0.15) is 22.3 Å². The number of anilines is 12. The van der Waals surface area contributed by atoms with Crippen LogP contribution < -0.4 is 19.6 Å². The summed E-state index contributed by atoms with van der Waals surface area (Å²) in [5.41, 5.74) is 16.3. The summed E-state index contributed by atoms with van der Waals surface area (Å²) >= 11 is 0. The van der Waals surface area contributed by atoms with Crippen LogP contribution in [0.4, 0.5) is 68.2 Å². The first-order valence-electron chi connectivity index (χ1n) is 28.3. The second-order valence-corrected chi connectivity index (χ2v) is 20.6. The molecule has 0 saturated carbocycles. The normalized spacial score (nSPS) is 10.9. The lowest BCUT2D eigenvalue weighted by Gasteiger charge is -2.30. The Morgan fingerprint density at radius 1 is 0.179 bits per heavy atom. The van der Waals surface area contributed by atoms with Gasteiger partial charge in [-0.2, -0.15) is 0 Å². The first kappa shape index (κ1) is 50.6. The van der Waals surface area contributed by atoms with Gasteiger partial charge in [-0.1, -0.05) is 194 Å². The summed E-state index contributed by atoms with van der Waals surface area (Å²) in [5.74, 6) is 14.9. The molecule has 0 unspecified atom stereocenters. The predicted molar refractivity (Wildman–Crippen MR) is 354 cm³/mol. The average Bonchev–Trinajstić information content (AvgIpc) is 1.07. The van der Waals surface area contributed by atoms with Gasteiger partial charge in [-0.25, -0.2) is 0 Å². The van der Waals surface area contributed by atoms with Crippen LogP contribution >= 0.6 is 0 Å². The maximum Gasteiger partial charge on any atom is 0.0553 e. The molecule has 0 radical (unpaired) electrons. The molecule has 0 spiro atoms. The third-order valence-electron chi connectivity index (χ3n) is 15.4. The molecule has 0 aliphatic heterocycles. The van der Waals surface area contributed by atoms with Gasteiger partial charge in [0.1, 0.15) is 0 Å². The van der Waals surface area contributed by atoms with E-state index in [4.69, 9.17) is 0 Å². The second-order valence-electron chi connectivity index (χ2n) is 20.6. The number of nitrogens with zero attached hydrogens (tertiary/aromatic N) is 4. The Balaban J connectivity index is 0.984. The quantitative estimate of drug-likeness (QED) is 0.0893. The molecule has 0 saturated heterocycles. The zero-order valence-electron chi connectivity index (χ0n) is 46.0. The average molecular weight is 1070 g/mol. The number of rotatable bonds is 12. The summed E-state index contributed by atoms with van der Waals surface area (Å²) < 4.78 is 0. The van der Waals surface area contributed by atoms with Crippen molar-refractivity contribution in [2.24, 2.45) is 0 Å². The van der Waals surface area contributed by atoms with E-state index in [-0.39, 0.29) is 0 Å². The summed E-state index contributed by atoms with van der Waals surface area (Å²) in [6, 6.07) is 116. The van der Waals surface area contributed by atoms with E-state index >= 15 is 0 Å². The van der Waals surface area contributed by atoms with E-state index in [2.05, 4.69) is 371 Å². The molecule has 0 aromatic heterocycles. The molecular weight excluding hydrogens is 1020 g/mol. The highest BCUT2D eigenvalue weighted by Crippen LogP contribution is 2.49. The van der Waals surface area contributed by atoms with Gasteiger partial charge in [-0.15, -0.1) is 0 Å². The summed E-state index contributed by atoms with van der Waals surface area (Å²) in [5, 5.41) is 6.58. The SMILES string of the molecule is C(#Cc1cc(N(c2ccccc2)c2ccccc2)c2ccc3c(C#Cc4ccc(N(c5ccccc5)c5ccccc5)cc4)cc(N(c4ccccc4)c4ccccc4)c4ccc1c2c34)c1ccc(N(c2ccccc2)c2ccccc2)cc1. The molecule has 14 rings (SSSR count). The molecule has 0 aliphatic carbocycles. The van der Waals surface area contributed by atoms with Crippen molar-refractivity contribution in [1.29, 1.82) is 0 Å². The van der Waals surface area contributed by atoms with E-state index in [0.29, 0.717) is 0 Å². The lowest BCUT2D eigenvalue weighted by Crippen LogP contribution is -2.12. The van der Waals surface area contributed by atoms with Gasteiger partial charge in [0.2, 0.25) is 0 Å². The van der Waals surface area contributed by atoms with Gasteiger partial charge in [0.25, 0.3) is 0 Å². The van der Waals surface area contributed by atoms with Gasteiger partial charge < -0.3 is 19.6 Å². The molecule has 0 aliphatic rings. The fraction of sp³-hybridized carbons (Fsp3) is 0. The minimum Gasteiger partial charge on any atom is -0.311 e. The highest BCUT2D eigenvalue weighted by Gasteiger charge is 2.25. The topological polar surface area (TPSA) is 13.0 Å².